The van der Waals surface area contributed by atoms with E-state index in [2.05, 4.69) is 10.6 Å². The lowest BCUT2D eigenvalue weighted by atomic mass is 10.2. The summed E-state index contributed by atoms with van der Waals surface area (Å²) in [5, 5.41) is 14.4. The predicted molar refractivity (Wildman–Crippen MR) is 80.0 cm³/mol. The molecule has 2 N–H and O–H groups in total. The number of benzene rings is 2. The molecule has 0 unspecified atom stereocenters. The first-order chi connectivity index (χ1) is 9.58. The van der Waals surface area contributed by atoms with Gasteiger partial charge >= 0.3 is 6.03 Å². The maximum absolute atomic E-state index is 11.8. The topological polar surface area (TPSA) is 64.9 Å². The molecule has 0 radical (unpaired) electrons. The molecule has 0 bridgehead atoms. The Labute approximate surface area is 122 Å². The summed E-state index contributed by atoms with van der Waals surface area (Å²) >= 11 is 5.98. The van der Waals surface area contributed by atoms with E-state index in [1.165, 1.54) is 6.07 Å². The number of anilines is 2. The Morgan fingerprint density at radius 3 is 2.45 bits per heavy atom. The summed E-state index contributed by atoms with van der Waals surface area (Å²) in [7, 11) is 0. The van der Waals surface area contributed by atoms with E-state index in [-0.39, 0.29) is 6.03 Å². The van der Waals surface area contributed by atoms with Gasteiger partial charge in [-0.3, -0.25) is 0 Å². The van der Waals surface area contributed by atoms with Gasteiger partial charge in [0.15, 0.2) is 0 Å². The van der Waals surface area contributed by atoms with Gasteiger partial charge < -0.3 is 10.6 Å². The van der Waals surface area contributed by atoms with Crippen LogP contribution in [0, 0.1) is 18.3 Å². The summed E-state index contributed by atoms with van der Waals surface area (Å²) in [6.07, 6.45) is 0. The Hall–Kier alpha value is -2.51. The van der Waals surface area contributed by atoms with Gasteiger partial charge in [-0.2, -0.15) is 5.26 Å². The first kappa shape index (κ1) is 13.9. The quantitative estimate of drug-likeness (QED) is 0.870. The molecule has 20 heavy (non-hydrogen) atoms. The van der Waals surface area contributed by atoms with E-state index in [0.717, 1.165) is 5.56 Å². The van der Waals surface area contributed by atoms with Gasteiger partial charge in [0.25, 0.3) is 0 Å². The molecule has 4 nitrogen and oxygen atoms in total. The van der Waals surface area contributed by atoms with Gasteiger partial charge in [0.1, 0.15) is 0 Å². The number of carbonyl (C=O) groups excluding carboxylic acids is 1. The number of halogens is 1. The van der Waals surface area contributed by atoms with Gasteiger partial charge in [-0.1, -0.05) is 29.3 Å². The lowest BCUT2D eigenvalue weighted by molar-refractivity contribution is 0.262. The molecule has 5 heteroatoms. The molecule has 0 fully saturated rings. The van der Waals surface area contributed by atoms with Gasteiger partial charge in [0, 0.05) is 5.69 Å². The number of nitrogens with zero attached hydrogens (tertiary/aromatic N) is 1. The van der Waals surface area contributed by atoms with Crippen LogP contribution in [-0.2, 0) is 0 Å². The van der Waals surface area contributed by atoms with Gasteiger partial charge in [0.2, 0.25) is 0 Å². The maximum atomic E-state index is 11.8. The van der Waals surface area contributed by atoms with Gasteiger partial charge in [-0.15, -0.1) is 0 Å². The highest BCUT2D eigenvalue weighted by Gasteiger charge is 2.06. The molecule has 0 saturated carbocycles. The van der Waals surface area contributed by atoms with Crippen LogP contribution in [0.15, 0.2) is 42.5 Å². The Bertz CT molecular complexity index is 675. The van der Waals surface area contributed by atoms with Crippen LogP contribution in [0.1, 0.15) is 11.1 Å². The minimum Gasteiger partial charge on any atom is -0.308 e. The lowest BCUT2D eigenvalue weighted by Crippen LogP contribution is -2.19. The molecule has 0 atom stereocenters. The number of nitrogens with one attached hydrogen (secondary N) is 2. The molecule has 0 aliphatic carbocycles. The second-order valence-corrected chi connectivity index (χ2v) is 4.66. The normalized spacial score (nSPS) is 9.65. The van der Waals surface area contributed by atoms with Gasteiger partial charge in [0.05, 0.1) is 22.3 Å². The molecule has 2 aromatic rings. The third kappa shape index (κ3) is 3.50. The summed E-state index contributed by atoms with van der Waals surface area (Å²) in [6, 6.07) is 13.7. The first-order valence-corrected chi connectivity index (χ1v) is 6.30. The van der Waals surface area contributed by atoms with Crippen molar-refractivity contribution < 1.29 is 4.79 Å². The number of aryl methyl sites for hydroxylation is 1. The van der Waals surface area contributed by atoms with Crippen LogP contribution in [0.25, 0.3) is 0 Å². The van der Waals surface area contributed by atoms with Crippen molar-refractivity contribution in [1.82, 2.24) is 0 Å². The summed E-state index contributed by atoms with van der Waals surface area (Å²) in [5.41, 5.74) is 2.71. The number of amides is 2. The maximum Gasteiger partial charge on any atom is 0.323 e. The number of nitriles is 1. The molecule has 2 amide bonds. The fourth-order valence-corrected chi connectivity index (χ4v) is 1.84. The smallest absolute Gasteiger partial charge is 0.308 e. The van der Waals surface area contributed by atoms with Crippen molar-refractivity contribution in [3.05, 3.63) is 58.6 Å². The Kier molecular flexibility index (Phi) is 4.24. The highest BCUT2D eigenvalue weighted by molar-refractivity contribution is 6.33. The van der Waals surface area contributed by atoms with E-state index in [0.29, 0.717) is 22.0 Å². The van der Waals surface area contributed by atoms with E-state index in [1.807, 2.05) is 37.3 Å². The molecule has 2 rings (SSSR count). The largest absolute Gasteiger partial charge is 0.323 e. The molecule has 0 aromatic heterocycles. The minimum absolute atomic E-state index is 0.322. The predicted octanol–water partition coefficient (Wildman–Crippen LogP) is 4.16. The Morgan fingerprint density at radius 1 is 1.15 bits per heavy atom. The number of hydrogen-bond acceptors (Lipinski definition) is 2. The molecular formula is C15H12ClN3O. The van der Waals surface area contributed by atoms with Crippen molar-refractivity contribution in [2.75, 3.05) is 10.6 Å². The summed E-state index contributed by atoms with van der Waals surface area (Å²) in [5.74, 6) is 0. The average molecular weight is 286 g/mol. The number of hydrogen-bond donors (Lipinski definition) is 2. The summed E-state index contributed by atoms with van der Waals surface area (Å²) in [4.78, 5) is 11.8. The van der Waals surface area contributed by atoms with E-state index in [1.54, 1.807) is 12.1 Å². The monoisotopic (exact) mass is 285 g/mol. The molecule has 2 aromatic carbocycles. The molecule has 0 spiro atoms. The van der Waals surface area contributed by atoms with Gasteiger partial charge in [-0.25, -0.2) is 4.79 Å². The third-order valence-electron chi connectivity index (χ3n) is 2.66. The van der Waals surface area contributed by atoms with Crippen LogP contribution in [0.4, 0.5) is 16.2 Å². The van der Waals surface area contributed by atoms with Crippen molar-refractivity contribution in [2.24, 2.45) is 0 Å². The lowest BCUT2D eigenvalue weighted by Gasteiger charge is -2.09. The van der Waals surface area contributed by atoms with Crippen LogP contribution in [0.2, 0.25) is 5.02 Å². The fraction of sp³-hybridized carbons (Fsp3) is 0.0667. The van der Waals surface area contributed by atoms with Crippen molar-refractivity contribution in [3.8, 4) is 6.07 Å². The molecular weight excluding hydrogens is 274 g/mol. The zero-order valence-corrected chi connectivity index (χ0v) is 11.5. The highest BCUT2D eigenvalue weighted by atomic mass is 35.5. The average Bonchev–Trinajstić information content (AvgIpc) is 2.43. The van der Waals surface area contributed by atoms with Gasteiger partial charge in [-0.05, 0) is 37.3 Å². The van der Waals surface area contributed by atoms with Crippen LogP contribution in [0.5, 0.6) is 0 Å². The van der Waals surface area contributed by atoms with Crippen molar-refractivity contribution >= 4 is 29.0 Å². The summed E-state index contributed by atoms with van der Waals surface area (Å²) < 4.78 is 0. The second kappa shape index (κ2) is 6.09. The second-order valence-electron chi connectivity index (χ2n) is 4.25. The molecule has 0 aliphatic heterocycles. The van der Waals surface area contributed by atoms with E-state index < -0.39 is 0 Å². The van der Waals surface area contributed by atoms with Crippen LogP contribution < -0.4 is 10.6 Å². The Morgan fingerprint density at radius 2 is 1.85 bits per heavy atom. The van der Waals surface area contributed by atoms with Crippen LogP contribution >= 0.6 is 11.6 Å². The van der Waals surface area contributed by atoms with E-state index >= 15 is 0 Å². The molecule has 100 valence electrons. The third-order valence-corrected chi connectivity index (χ3v) is 2.97. The summed E-state index contributed by atoms with van der Waals surface area (Å²) in [6.45, 7) is 1.97. The Balaban J connectivity index is 2.05. The van der Waals surface area contributed by atoms with Crippen molar-refractivity contribution in [1.29, 1.82) is 5.26 Å². The van der Waals surface area contributed by atoms with Crippen molar-refractivity contribution in [3.63, 3.8) is 0 Å². The van der Waals surface area contributed by atoms with Crippen LogP contribution in [0.3, 0.4) is 0 Å². The number of carbonyl (C=O) groups is 1. The molecule has 0 aliphatic rings. The zero-order chi connectivity index (χ0) is 14.5. The van der Waals surface area contributed by atoms with Crippen LogP contribution in [-0.4, -0.2) is 6.03 Å². The zero-order valence-electron chi connectivity index (χ0n) is 10.8. The standard InChI is InChI=1S/C15H12ClN3O/c1-10-2-5-12(6-3-10)18-15(20)19-14-7-4-11(9-17)8-13(14)16/h2-8H,1H3,(H2,18,19,20). The fourth-order valence-electron chi connectivity index (χ4n) is 1.61. The number of urea groups is 1. The number of rotatable bonds is 2. The minimum atomic E-state index is -0.388. The van der Waals surface area contributed by atoms with E-state index in [4.69, 9.17) is 16.9 Å². The van der Waals surface area contributed by atoms with E-state index in [9.17, 15) is 4.79 Å². The first-order valence-electron chi connectivity index (χ1n) is 5.93. The SMILES string of the molecule is Cc1ccc(NC(=O)Nc2ccc(C#N)cc2Cl)cc1. The van der Waals surface area contributed by atoms with Crippen molar-refractivity contribution in [2.45, 2.75) is 6.92 Å². The highest BCUT2D eigenvalue weighted by Crippen LogP contribution is 2.23. The molecule has 0 heterocycles. The molecule has 0 saturated heterocycles.